The number of para-hydroxylation sites is 2. The van der Waals surface area contributed by atoms with Gasteiger partial charge in [-0.25, -0.2) is 0 Å². The molecule has 0 atom stereocenters. The third-order valence-electron chi connectivity index (χ3n) is 4.89. The van der Waals surface area contributed by atoms with Crippen molar-refractivity contribution in [2.24, 2.45) is 0 Å². The molecule has 0 aliphatic carbocycles. The van der Waals surface area contributed by atoms with Gasteiger partial charge in [0.1, 0.15) is 0 Å². The first kappa shape index (κ1) is 14.8. The number of aromatic amines is 2. The van der Waals surface area contributed by atoms with Gasteiger partial charge in [0.25, 0.3) is 0 Å². The summed E-state index contributed by atoms with van der Waals surface area (Å²) in [7, 11) is 0. The molecule has 0 spiro atoms. The molecule has 0 bridgehead atoms. The summed E-state index contributed by atoms with van der Waals surface area (Å²) >= 11 is 0. The number of hydrogen-bond acceptors (Lipinski definition) is 0. The molecule has 0 fully saturated rings. The zero-order valence-electron chi connectivity index (χ0n) is 14.2. The summed E-state index contributed by atoms with van der Waals surface area (Å²) < 4.78 is 0. The lowest BCUT2D eigenvalue weighted by Crippen LogP contribution is -1.87. The minimum Gasteiger partial charge on any atom is -0.361 e. The minimum atomic E-state index is 1.16. The van der Waals surface area contributed by atoms with Crippen LogP contribution in [-0.2, 0) is 0 Å². The van der Waals surface area contributed by atoms with Gasteiger partial charge in [-0.05, 0) is 29.3 Å². The van der Waals surface area contributed by atoms with Crippen LogP contribution < -0.4 is 0 Å². The molecule has 5 rings (SSSR count). The maximum Gasteiger partial charge on any atom is 0.0460 e. The fraction of sp³-hybridized carbons (Fsp3) is 0. The van der Waals surface area contributed by atoms with Crippen LogP contribution in [0.2, 0.25) is 0 Å². The van der Waals surface area contributed by atoms with E-state index < -0.39 is 0 Å². The summed E-state index contributed by atoms with van der Waals surface area (Å²) in [5, 5.41) is 2.48. The van der Waals surface area contributed by atoms with E-state index in [9.17, 15) is 0 Å². The van der Waals surface area contributed by atoms with Crippen LogP contribution in [0.25, 0.3) is 33.5 Å². The molecule has 0 amide bonds. The summed E-state index contributed by atoms with van der Waals surface area (Å²) in [5.41, 5.74) is 7.16. The van der Waals surface area contributed by atoms with Crippen molar-refractivity contribution in [3.05, 3.63) is 108 Å². The molecular weight excluding hydrogens is 316 g/mol. The van der Waals surface area contributed by atoms with E-state index in [-0.39, 0.29) is 0 Å². The highest BCUT2D eigenvalue weighted by Gasteiger charge is 2.12. The van der Waals surface area contributed by atoms with E-state index >= 15 is 0 Å². The lowest BCUT2D eigenvalue weighted by Gasteiger charge is -2.08. The standard InChI is InChI=1S/C24H18N2/c1-2-8-17(9-3-1)21(22-16-26-24-13-7-5-11-20(22)24)14-18-15-25-23-12-6-4-10-19(18)23/h1-16,25-26H. The first-order chi connectivity index (χ1) is 12.9. The molecule has 2 heterocycles. The van der Waals surface area contributed by atoms with Crippen LogP contribution in [0.4, 0.5) is 0 Å². The number of aromatic nitrogens is 2. The van der Waals surface area contributed by atoms with Crippen LogP contribution in [-0.4, -0.2) is 9.97 Å². The Labute approximate surface area is 151 Å². The average Bonchev–Trinajstić information content (AvgIpc) is 3.31. The smallest absolute Gasteiger partial charge is 0.0460 e. The molecule has 0 unspecified atom stereocenters. The highest BCUT2D eigenvalue weighted by molar-refractivity contribution is 6.04. The zero-order valence-corrected chi connectivity index (χ0v) is 14.2. The van der Waals surface area contributed by atoms with Crippen molar-refractivity contribution < 1.29 is 0 Å². The lowest BCUT2D eigenvalue weighted by molar-refractivity contribution is 1.46. The Balaban J connectivity index is 1.77. The Morgan fingerprint density at radius 3 is 2.04 bits per heavy atom. The predicted octanol–water partition coefficient (Wildman–Crippen LogP) is 6.24. The second-order valence-corrected chi connectivity index (χ2v) is 6.46. The van der Waals surface area contributed by atoms with Crippen LogP contribution >= 0.6 is 0 Å². The molecule has 2 N–H and O–H groups in total. The first-order valence-electron chi connectivity index (χ1n) is 8.80. The predicted molar refractivity (Wildman–Crippen MR) is 110 cm³/mol. The second-order valence-electron chi connectivity index (χ2n) is 6.46. The van der Waals surface area contributed by atoms with E-state index in [4.69, 9.17) is 0 Å². The summed E-state index contributed by atoms with van der Waals surface area (Å²) in [6, 6.07) is 27.4. The fourth-order valence-corrected chi connectivity index (χ4v) is 3.60. The Bertz CT molecular complexity index is 1220. The summed E-state index contributed by atoms with van der Waals surface area (Å²) in [5.74, 6) is 0. The van der Waals surface area contributed by atoms with E-state index in [1.165, 1.54) is 33.0 Å². The Morgan fingerprint density at radius 2 is 1.23 bits per heavy atom. The fourth-order valence-electron chi connectivity index (χ4n) is 3.60. The molecule has 26 heavy (non-hydrogen) atoms. The van der Waals surface area contributed by atoms with Gasteiger partial charge in [0.05, 0.1) is 0 Å². The van der Waals surface area contributed by atoms with E-state index in [0.717, 1.165) is 11.0 Å². The number of H-pyrrole nitrogens is 2. The molecule has 0 aliphatic rings. The minimum absolute atomic E-state index is 1.16. The highest BCUT2D eigenvalue weighted by Crippen LogP contribution is 2.33. The van der Waals surface area contributed by atoms with Crippen molar-refractivity contribution in [3.8, 4) is 0 Å². The van der Waals surface area contributed by atoms with E-state index in [2.05, 4.69) is 107 Å². The molecule has 2 nitrogen and oxygen atoms in total. The quantitative estimate of drug-likeness (QED) is 0.391. The van der Waals surface area contributed by atoms with Crippen molar-refractivity contribution in [1.29, 1.82) is 0 Å². The molecule has 5 aromatic rings. The second kappa shape index (κ2) is 6.08. The van der Waals surface area contributed by atoms with Gasteiger partial charge in [-0.15, -0.1) is 0 Å². The Morgan fingerprint density at radius 1 is 0.615 bits per heavy atom. The largest absolute Gasteiger partial charge is 0.361 e. The monoisotopic (exact) mass is 334 g/mol. The van der Waals surface area contributed by atoms with Gasteiger partial charge in [0, 0.05) is 45.3 Å². The molecule has 0 saturated heterocycles. The summed E-state index contributed by atoms with van der Waals surface area (Å²) in [6.07, 6.45) is 6.48. The topological polar surface area (TPSA) is 31.6 Å². The third kappa shape index (κ3) is 2.44. The average molecular weight is 334 g/mol. The zero-order chi connectivity index (χ0) is 17.3. The molecule has 124 valence electrons. The Kier molecular flexibility index (Phi) is 3.46. The molecule has 3 aromatic carbocycles. The SMILES string of the molecule is C(=C(c1ccccc1)c1c[nH]c2ccccc12)c1c[nH]c2ccccc12. The molecule has 0 saturated carbocycles. The van der Waals surface area contributed by atoms with Gasteiger partial charge < -0.3 is 9.97 Å². The number of rotatable bonds is 3. The van der Waals surface area contributed by atoms with E-state index in [0.29, 0.717) is 0 Å². The van der Waals surface area contributed by atoms with Gasteiger partial charge in [0.2, 0.25) is 0 Å². The van der Waals surface area contributed by atoms with Crippen LogP contribution in [0.15, 0.2) is 91.3 Å². The van der Waals surface area contributed by atoms with E-state index in [1.807, 2.05) is 0 Å². The molecule has 2 heteroatoms. The van der Waals surface area contributed by atoms with Gasteiger partial charge in [-0.2, -0.15) is 0 Å². The number of fused-ring (bicyclic) bond motifs is 2. The summed E-state index contributed by atoms with van der Waals surface area (Å²) in [6.45, 7) is 0. The maximum atomic E-state index is 3.41. The van der Waals surface area contributed by atoms with Crippen molar-refractivity contribution >= 4 is 33.5 Å². The number of hydrogen-bond donors (Lipinski definition) is 2. The number of nitrogens with one attached hydrogen (secondary N) is 2. The van der Waals surface area contributed by atoms with Crippen LogP contribution in [0.1, 0.15) is 16.7 Å². The van der Waals surface area contributed by atoms with Crippen LogP contribution in [0.5, 0.6) is 0 Å². The van der Waals surface area contributed by atoms with Crippen LogP contribution in [0, 0.1) is 0 Å². The normalized spacial score (nSPS) is 12.1. The highest BCUT2D eigenvalue weighted by atomic mass is 14.7. The molecule has 0 aliphatic heterocycles. The molecule has 2 aromatic heterocycles. The third-order valence-corrected chi connectivity index (χ3v) is 4.89. The first-order valence-corrected chi connectivity index (χ1v) is 8.80. The van der Waals surface area contributed by atoms with Gasteiger partial charge in [-0.3, -0.25) is 0 Å². The van der Waals surface area contributed by atoms with Crippen molar-refractivity contribution in [1.82, 2.24) is 9.97 Å². The van der Waals surface area contributed by atoms with Gasteiger partial charge in [-0.1, -0.05) is 66.7 Å². The summed E-state index contributed by atoms with van der Waals surface area (Å²) in [4.78, 5) is 6.78. The number of benzene rings is 3. The van der Waals surface area contributed by atoms with E-state index in [1.54, 1.807) is 0 Å². The van der Waals surface area contributed by atoms with Crippen LogP contribution in [0.3, 0.4) is 0 Å². The lowest BCUT2D eigenvalue weighted by atomic mass is 9.95. The molecular formula is C24H18N2. The van der Waals surface area contributed by atoms with Crippen molar-refractivity contribution in [3.63, 3.8) is 0 Å². The maximum absolute atomic E-state index is 3.41. The van der Waals surface area contributed by atoms with Gasteiger partial charge >= 0.3 is 0 Å². The van der Waals surface area contributed by atoms with Crippen molar-refractivity contribution in [2.75, 3.05) is 0 Å². The van der Waals surface area contributed by atoms with Crippen molar-refractivity contribution in [2.45, 2.75) is 0 Å². The Hall–Kier alpha value is -3.52. The van der Waals surface area contributed by atoms with Gasteiger partial charge in [0.15, 0.2) is 0 Å². The molecule has 0 radical (unpaired) electrons.